The van der Waals surface area contributed by atoms with Gasteiger partial charge in [-0.1, -0.05) is 43.7 Å². The standard InChI is InChI=1S/C23H27NO4S/c1-23-12-13-24(18-8-5-9-18)15-22(23)27-21-11-10-19(14-20(21)23)28-29(25,26)16-17-6-3-2-4-7-17/h2-4,6-7,10-11,14,18,22H,5,8-9,12-13,15-16H2,1H3. The highest BCUT2D eigenvalue weighted by atomic mass is 32.2. The summed E-state index contributed by atoms with van der Waals surface area (Å²) in [6, 6.07) is 15.3. The molecule has 5 nitrogen and oxygen atoms in total. The third-order valence-corrected chi connectivity index (χ3v) is 8.00. The number of ether oxygens (including phenoxy) is 1. The van der Waals surface area contributed by atoms with Gasteiger partial charge in [0, 0.05) is 23.6 Å². The van der Waals surface area contributed by atoms with Crippen molar-refractivity contribution in [3.05, 3.63) is 59.7 Å². The van der Waals surface area contributed by atoms with Crippen LogP contribution in [-0.2, 0) is 21.3 Å². The topological polar surface area (TPSA) is 55.8 Å². The number of nitrogens with zero attached hydrogens (tertiary/aromatic N) is 1. The summed E-state index contributed by atoms with van der Waals surface area (Å²) in [4.78, 5) is 2.57. The van der Waals surface area contributed by atoms with Gasteiger partial charge in [-0.15, -0.1) is 0 Å². The Morgan fingerprint density at radius 3 is 2.69 bits per heavy atom. The van der Waals surface area contributed by atoms with Crippen molar-refractivity contribution in [3.8, 4) is 11.5 Å². The molecular weight excluding hydrogens is 386 g/mol. The molecular formula is C23H27NO4S. The van der Waals surface area contributed by atoms with Crippen molar-refractivity contribution in [3.63, 3.8) is 0 Å². The van der Waals surface area contributed by atoms with E-state index in [1.54, 1.807) is 18.2 Å². The molecule has 0 amide bonds. The maximum Gasteiger partial charge on any atom is 0.313 e. The van der Waals surface area contributed by atoms with Crippen molar-refractivity contribution < 1.29 is 17.3 Å². The van der Waals surface area contributed by atoms with Crippen LogP contribution in [0.1, 0.15) is 43.7 Å². The molecule has 5 rings (SSSR count). The van der Waals surface area contributed by atoms with Gasteiger partial charge in [0.1, 0.15) is 23.4 Å². The Balaban J connectivity index is 1.34. The molecule has 2 unspecified atom stereocenters. The molecule has 0 aromatic heterocycles. The minimum absolute atomic E-state index is 0.0991. The van der Waals surface area contributed by atoms with Crippen LogP contribution in [0.2, 0.25) is 0 Å². The molecule has 2 atom stereocenters. The van der Waals surface area contributed by atoms with Gasteiger partial charge in [-0.05, 0) is 49.6 Å². The van der Waals surface area contributed by atoms with Crippen LogP contribution < -0.4 is 8.92 Å². The van der Waals surface area contributed by atoms with E-state index in [0.29, 0.717) is 17.4 Å². The van der Waals surface area contributed by atoms with Gasteiger partial charge < -0.3 is 8.92 Å². The first kappa shape index (κ1) is 18.9. The molecule has 0 radical (unpaired) electrons. The van der Waals surface area contributed by atoms with Crippen molar-refractivity contribution in [2.75, 3.05) is 13.1 Å². The third kappa shape index (κ3) is 3.53. The zero-order valence-corrected chi connectivity index (χ0v) is 17.5. The van der Waals surface area contributed by atoms with Crippen LogP contribution in [0.5, 0.6) is 11.5 Å². The molecule has 2 fully saturated rings. The number of hydrogen-bond acceptors (Lipinski definition) is 5. The Morgan fingerprint density at radius 1 is 1.17 bits per heavy atom. The summed E-state index contributed by atoms with van der Waals surface area (Å²) in [5, 5.41) is 0. The Bertz CT molecular complexity index is 1000. The molecule has 154 valence electrons. The quantitative estimate of drug-likeness (QED) is 0.697. The van der Waals surface area contributed by atoms with Crippen LogP contribution in [-0.4, -0.2) is 38.6 Å². The Morgan fingerprint density at radius 2 is 1.97 bits per heavy atom. The Labute approximate surface area is 172 Å². The normalized spacial score (nSPS) is 26.9. The molecule has 1 aliphatic carbocycles. The predicted octanol–water partition coefficient (Wildman–Crippen LogP) is 3.87. The largest absolute Gasteiger partial charge is 0.488 e. The second-order valence-electron chi connectivity index (χ2n) is 8.78. The molecule has 0 bridgehead atoms. The lowest BCUT2D eigenvalue weighted by Crippen LogP contribution is -2.55. The highest BCUT2D eigenvalue weighted by molar-refractivity contribution is 7.86. The lowest BCUT2D eigenvalue weighted by molar-refractivity contribution is 0.00811. The molecule has 0 spiro atoms. The fraction of sp³-hybridized carbons (Fsp3) is 0.478. The van der Waals surface area contributed by atoms with E-state index in [1.165, 1.54) is 19.3 Å². The molecule has 2 aliphatic heterocycles. The van der Waals surface area contributed by atoms with Crippen LogP contribution in [0.3, 0.4) is 0 Å². The minimum Gasteiger partial charge on any atom is -0.488 e. The van der Waals surface area contributed by atoms with E-state index in [-0.39, 0.29) is 17.3 Å². The first-order valence-corrected chi connectivity index (χ1v) is 12.0. The molecule has 2 aromatic rings. The van der Waals surface area contributed by atoms with Crippen molar-refractivity contribution in [1.29, 1.82) is 0 Å². The zero-order chi connectivity index (χ0) is 20.1. The second-order valence-corrected chi connectivity index (χ2v) is 10.4. The second kappa shape index (κ2) is 7.03. The van der Waals surface area contributed by atoms with E-state index in [1.807, 2.05) is 30.3 Å². The fourth-order valence-electron chi connectivity index (χ4n) is 4.82. The summed E-state index contributed by atoms with van der Waals surface area (Å²) < 4.78 is 36.8. The van der Waals surface area contributed by atoms with Gasteiger partial charge in [0.25, 0.3) is 0 Å². The van der Waals surface area contributed by atoms with E-state index in [9.17, 15) is 8.42 Å². The first-order valence-electron chi connectivity index (χ1n) is 10.4. The van der Waals surface area contributed by atoms with E-state index in [2.05, 4.69) is 11.8 Å². The highest BCUT2D eigenvalue weighted by Gasteiger charge is 2.49. The van der Waals surface area contributed by atoms with Crippen LogP contribution in [0.15, 0.2) is 48.5 Å². The minimum atomic E-state index is -3.72. The summed E-state index contributed by atoms with van der Waals surface area (Å²) in [6.45, 7) is 4.25. The maximum atomic E-state index is 12.5. The molecule has 6 heteroatoms. The predicted molar refractivity (Wildman–Crippen MR) is 112 cm³/mol. The summed E-state index contributed by atoms with van der Waals surface area (Å²) in [5.41, 5.74) is 1.69. The number of hydrogen-bond donors (Lipinski definition) is 0. The lowest BCUT2D eigenvalue weighted by atomic mass is 9.73. The van der Waals surface area contributed by atoms with Crippen LogP contribution >= 0.6 is 0 Å². The number of likely N-dealkylation sites (tertiary alicyclic amines) is 1. The number of fused-ring (bicyclic) bond motifs is 3. The number of rotatable bonds is 5. The first-order chi connectivity index (χ1) is 13.9. The Kier molecular flexibility index (Phi) is 4.59. The van der Waals surface area contributed by atoms with Crippen molar-refractivity contribution >= 4 is 10.1 Å². The summed E-state index contributed by atoms with van der Waals surface area (Å²) in [6.07, 6.45) is 5.06. The zero-order valence-electron chi connectivity index (χ0n) is 16.7. The van der Waals surface area contributed by atoms with Gasteiger partial charge in [0.2, 0.25) is 0 Å². The lowest BCUT2D eigenvalue weighted by Gasteiger charge is -2.46. The van der Waals surface area contributed by atoms with E-state index in [4.69, 9.17) is 8.92 Å². The van der Waals surface area contributed by atoms with Crippen LogP contribution in [0, 0.1) is 0 Å². The van der Waals surface area contributed by atoms with Gasteiger partial charge >= 0.3 is 10.1 Å². The molecule has 2 aromatic carbocycles. The van der Waals surface area contributed by atoms with Crippen LogP contribution in [0.25, 0.3) is 0 Å². The van der Waals surface area contributed by atoms with Gasteiger partial charge in [-0.2, -0.15) is 8.42 Å². The van der Waals surface area contributed by atoms with Gasteiger partial charge in [0.15, 0.2) is 0 Å². The fourth-order valence-corrected chi connectivity index (χ4v) is 5.88. The monoisotopic (exact) mass is 413 g/mol. The average Bonchev–Trinajstić information content (AvgIpc) is 2.92. The Hall–Kier alpha value is -2.05. The third-order valence-electron chi connectivity index (χ3n) is 6.87. The summed E-state index contributed by atoms with van der Waals surface area (Å²) >= 11 is 0. The summed E-state index contributed by atoms with van der Waals surface area (Å²) in [7, 11) is -3.72. The smallest absolute Gasteiger partial charge is 0.313 e. The molecule has 3 aliphatic rings. The molecule has 1 saturated carbocycles. The van der Waals surface area contributed by atoms with E-state index < -0.39 is 10.1 Å². The van der Waals surface area contributed by atoms with Crippen LogP contribution in [0.4, 0.5) is 0 Å². The van der Waals surface area contributed by atoms with Crippen molar-refractivity contribution in [1.82, 2.24) is 4.90 Å². The van der Waals surface area contributed by atoms with E-state index >= 15 is 0 Å². The average molecular weight is 414 g/mol. The van der Waals surface area contributed by atoms with Gasteiger partial charge in [-0.3, -0.25) is 4.90 Å². The SMILES string of the molecule is CC12CCN(C3CCC3)CC1Oc1ccc(OS(=O)(=O)Cc3ccccc3)cc12. The summed E-state index contributed by atoms with van der Waals surface area (Å²) in [5.74, 6) is 1.09. The molecule has 1 saturated heterocycles. The number of benzene rings is 2. The van der Waals surface area contributed by atoms with Crippen molar-refractivity contribution in [2.24, 2.45) is 0 Å². The molecule has 2 heterocycles. The molecule has 0 N–H and O–H groups in total. The molecule has 29 heavy (non-hydrogen) atoms. The van der Waals surface area contributed by atoms with Gasteiger partial charge in [0.05, 0.1) is 0 Å². The number of piperidine rings is 1. The van der Waals surface area contributed by atoms with Gasteiger partial charge in [-0.25, -0.2) is 0 Å². The maximum absolute atomic E-state index is 12.5. The van der Waals surface area contributed by atoms with Crippen molar-refractivity contribution in [2.45, 2.75) is 55.9 Å². The van der Waals surface area contributed by atoms with E-state index in [0.717, 1.165) is 30.8 Å². The highest BCUT2D eigenvalue weighted by Crippen LogP contribution is 2.49.